The van der Waals surface area contributed by atoms with Gasteiger partial charge in [-0.05, 0) is 12.5 Å². The number of sulfonamides is 1. The summed E-state index contributed by atoms with van der Waals surface area (Å²) in [7, 11) is -3.59. The van der Waals surface area contributed by atoms with Crippen LogP contribution in [0.1, 0.15) is 16.7 Å². The summed E-state index contributed by atoms with van der Waals surface area (Å²) >= 11 is 0. The average Bonchev–Trinajstić information content (AvgIpc) is 2.62. The number of para-hydroxylation sites is 1. The zero-order chi connectivity index (χ0) is 19.4. The quantitative estimate of drug-likeness (QED) is 0.560. The zero-order valence-electron chi connectivity index (χ0n) is 15.2. The third kappa shape index (κ3) is 4.91. The maximum absolute atomic E-state index is 12.7. The van der Waals surface area contributed by atoms with Crippen LogP contribution in [-0.2, 0) is 22.3 Å². The topological polar surface area (TPSA) is 83.8 Å². The van der Waals surface area contributed by atoms with Crippen molar-refractivity contribution in [3.05, 3.63) is 75.3 Å². The molecule has 0 atom stereocenters. The molecule has 3 rings (SSSR count). The van der Waals surface area contributed by atoms with Crippen molar-refractivity contribution in [3.63, 3.8) is 0 Å². The Morgan fingerprint density at radius 3 is 2.41 bits per heavy atom. The van der Waals surface area contributed by atoms with Gasteiger partial charge in [0.2, 0.25) is 10.0 Å². The van der Waals surface area contributed by atoms with Crippen LogP contribution in [0.4, 0.5) is 5.69 Å². The largest absolute Gasteiger partial charge is 0.296 e. The average molecular weight is 389 g/mol. The Labute approximate surface area is 159 Å². The summed E-state index contributed by atoms with van der Waals surface area (Å²) in [6.45, 7) is 4.92. The highest BCUT2D eigenvalue weighted by Crippen LogP contribution is 2.22. The van der Waals surface area contributed by atoms with E-state index in [-0.39, 0.29) is 17.0 Å². The van der Waals surface area contributed by atoms with E-state index in [1.165, 1.54) is 33.6 Å². The lowest BCUT2D eigenvalue weighted by Crippen LogP contribution is -2.48. The first-order valence-corrected chi connectivity index (χ1v) is 10.4. The van der Waals surface area contributed by atoms with Gasteiger partial charge in [-0.15, -0.1) is 0 Å². The first-order chi connectivity index (χ1) is 12.8. The number of rotatable bonds is 6. The second-order valence-corrected chi connectivity index (χ2v) is 8.78. The van der Waals surface area contributed by atoms with E-state index in [0.29, 0.717) is 26.2 Å². The van der Waals surface area contributed by atoms with Crippen LogP contribution in [0.3, 0.4) is 0 Å². The Bertz CT molecular complexity index is 922. The second-order valence-electron chi connectivity index (χ2n) is 6.81. The number of nitro benzene ring substituents is 1. The molecule has 0 unspecified atom stereocenters. The van der Waals surface area contributed by atoms with Gasteiger partial charge in [0.15, 0.2) is 0 Å². The van der Waals surface area contributed by atoms with Crippen molar-refractivity contribution in [3.8, 4) is 0 Å². The van der Waals surface area contributed by atoms with Crippen molar-refractivity contribution in [2.24, 2.45) is 0 Å². The SMILES string of the molecule is Cc1cccc(CN2CCN(S(=O)(=O)Cc3ccccc3[N+](=O)[O-])CC2)c1. The van der Waals surface area contributed by atoms with Gasteiger partial charge < -0.3 is 0 Å². The molecule has 1 heterocycles. The van der Waals surface area contributed by atoms with Crippen molar-refractivity contribution < 1.29 is 13.3 Å². The minimum Gasteiger partial charge on any atom is -0.296 e. The van der Waals surface area contributed by atoms with E-state index < -0.39 is 14.9 Å². The smallest absolute Gasteiger partial charge is 0.273 e. The fraction of sp³-hybridized carbons (Fsp3) is 0.368. The molecule has 0 amide bonds. The Morgan fingerprint density at radius 2 is 1.74 bits per heavy atom. The van der Waals surface area contributed by atoms with Gasteiger partial charge in [0.1, 0.15) is 0 Å². The van der Waals surface area contributed by atoms with Crippen LogP contribution in [0.15, 0.2) is 48.5 Å². The second kappa shape index (κ2) is 8.16. The molecule has 1 aliphatic rings. The van der Waals surface area contributed by atoms with Crippen molar-refractivity contribution in [2.45, 2.75) is 19.2 Å². The minimum absolute atomic E-state index is 0.154. The molecule has 1 aliphatic heterocycles. The number of nitro groups is 1. The van der Waals surface area contributed by atoms with Gasteiger partial charge in [-0.2, -0.15) is 4.31 Å². The molecule has 0 N–H and O–H groups in total. The molecule has 0 radical (unpaired) electrons. The highest BCUT2D eigenvalue weighted by Gasteiger charge is 2.29. The Morgan fingerprint density at radius 1 is 1.04 bits per heavy atom. The van der Waals surface area contributed by atoms with Gasteiger partial charge in [0.25, 0.3) is 5.69 Å². The van der Waals surface area contributed by atoms with E-state index in [2.05, 4.69) is 30.0 Å². The fourth-order valence-corrected chi connectivity index (χ4v) is 4.87. The standard InChI is InChI=1S/C19H23N3O4S/c1-16-5-4-6-17(13-16)14-20-9-11-21(12-10-20)27(25,26)15-18-7-2-3-8-19(18)22(23)24/h2-8,13H,9-12,14-15H2,1H3. The molecule has 2 aromatic carbocycles. The monoisotopic (exact) mass is 389 g/mol. The summed E-state index contributed by atoms with van der Waals surface area (Å²) < 4.78 is 26.9. The van der Waals surface area contributed by atoms with Gasteiger partial charge in [-0.25, -0.2) is 8.42 Å². The van der Waals surface area contributed by atoms with Crippen LogP contribution in [0, 0.1) is 17.0 Å². The molecule has 0 bridgehead atoms. The predicted octanol–water partition coefficient (Wildman–Crippen LogP) is 2.55. The molecule has 8 heteroatoms. The maximum atomic E-state index is 12.7. The van der Waals surface area contributed by atoms with Crippen LogP contribution < -0.4 is 0 Å². The lowest BCUT2D eigenvalue weighted by molar-refractivity contribution is -0.385. The molecule has 2 aromatic rings. The zero-order valence-corrected chi connectivity index (χ0v) is 16.1. The summed E-state index contributed by atoms with van der Waals surface area (Å²) in [6, 6.07) is 14.3. The Kier molecular flexibility index (Phi) is 5.88. The molecule has 0 saturated carbocycles. The molecule has 144 valence electrons. The molecule has 27 heavy (non-hydrogen) atoms. The number of aryl methyl sites for hydroxylation is 1. The molecule has 0 spiro atoms. The van der Waals surface area contributed by atoms with Gasteiger partial charge in [-0.1, -0.05) is 48.0 Å². The molecule has 0 aromatic heterocycles. The number of hydrogen-bond acceptors (Lipinski definition) is 5. The van der Waals surface area contributed by atoms with Crippen molar-refractivity contribution in [2.75, 3.05) is 26.2 Å². The van der Waals surface area contributed by atoms with Crippen molar-refractivity contribution in [1.82, 2.24) is 9.21 Å². The van der Waals surface area contributed by atoms with Gasteiger partial charge in [0, 0.05) is 44.4 Å². The molecule has 1 fully saturated rings. The summed E-state index contributed by atoms with van der Waals surface area (Å²) in [5.41, 5.74) is 2.49. The molecule has 0 aliphatic carbocycles. The summed E-state index contributed by atoms with van der Waals surface area (Å²) in [5.74, 6) is -0.345. The fourth-order valence-electron chi connectivity index (χ4n) is 3.33. The van der Waals surface area contributed by atoms with Gasteiger partial charge in [0.05, 0.1) is 10.7 Å². The number of benzene rings is 2. The normalized spacial score (nSPS) is 16.3. The van der Waals surface area contributed by atoms with E-state index in [0.717, 1.165) is 6.54 Å². The van der Waals surface area contributed by atoms with Crippen molar-refractivity contribution >= 4 is 15.7 Å². The summed E-state index contributed by atoms with van der Waals surface area (Å²) in [6.07, 6.45) is 0. The minimum atomic E-state index is -3.59. The maximum Gasteiger partial charge on any atom is 0.273 e. The third-order valence-corrected chi connectivity index (χ3v) is 6.57. The first kappa shape index (κ1) is 19.5. The first-order valence-electron chi connectivity index (χ1n) is 8.83. The lowest BCUT2D eigenvalue weighted by atomic mass is 10.1. The van der Waals surface area contributed by atoms with E-state index in [1.54, 1.807) is 6.07 Å². The van der Waals surface area contributed by atoms with Gasteiger partial charge in [-0.3, -0.25) is 15.0 Å². The van der Waals surface area contributed by atoms with Crippen LogP contribution in [0.25, 0.3) is 0 Å². The molecular weight excluding hydrogens is 366 g/mol. The number of hydrogen-bond donors (Lipinski definition) is 0. The summed E-state index contributed by atoms with van der Waals surface area (Å²) in [4.78, 5) is 12.8. The number of nitrogens with zero attached hydrogens (tertiary/aromatic N) is 3. The Hall–Kier alpha value is -2.29. The van der Waals surface area contributed by atoms with Crippen LogP contribution in [-0.4, -0.2) is 48.7 Å². The van der Waals surface area contributed by atoms with E-state index in [9.17, 15) is 18.5 Å². The third-order valence-electron chi connectivity index (χ3n) is 4.74. The van der Waals surface area contributed by atoms with Crippen LogP contribution >= 0.6 is 0 Å². The Balaban J connectivity index is 1.62. The summed E-state index contributed by atoms with van der Waals surface area (Å²) in [5, 5.41) is 11.1. The highest BCUT2D eigenvalue weighted by atomic mass is 32.2. The van der Waals surface area contributed by atoms with Crippen molar-refractivity contribution in [1.29, 1.82) is 0 Å². The van der Waals surface area contributed by atoms with Gasteiger partial charge >= 0.3 is 0 Å². The highest BCUT2D eigenvalue weighted by molar-refractivity contribution is 7.88. The van der Waals surface area contributed by atoms with E-state index in [1.807, 2.05) is 6.07 Å². The van der Waals surface area contributed by atoms with E-state index in [4.69, 9.17) is 0 Å². The lowest BCUT2D eigenvalue weighted by Gasteiger charge is -2.34. The van der Waals surface area contributed by atoms with Crippen LogP contribution in [0.5, 0.6) is 0 Å². The molecular formula is C19H23N3O4S. The number of piperazine rings is 1. The predicted molar refractivity (Wildman–Crippen MR) is 104 cm³/mol. The van der Waals surface area contributed by atoms with E-state index >= 15 is 0 Å². The molecule has 1 saturated heterocycles. The van der Waals surface area contributed by atoms with Crippen LogP contribution in [0.2, 0.25) is 0 Å². The molecule has 7 nitrogen and oxygen atoms in total.